The number of nitrogens with one attached hydrogen (secondary N) is 1. The number of hydrogen-bond donors (Lipinski definition) is 1. The van der Waals surface area contributed by atoms with Crippen molar-refractivity contribution in [2.24, 2.45) is 0 Å². The molecule has 0 bridgehead atoms. The van der Waals surface area contributed by atoms with Gasteiger partial charge >= 0.3 is 0 Å². The lowest BCUT2D eigenvalue weighted by atomic mass is 10.1. The van der Waals surface area contributed by atoms with E-state index in [2.05, 4.69) is 15.5 Å². The monoisotopic (exact) mass is 258 g/mol. The Labute approximate surface area is 108 Å². The molecule has 0 aliphatic carbocycles. The molecule has 1 aromatic carbocycles. The van der Waals surface area contributed by atoms with Gasteiger partial charge in [0, 0.05) is 6.07 Å². The van der Waals surface area contributed by atoms with Crippen molar-refractivity contribution in [2.45, 2.75) is 6.92 Å². The van der Waals surface area contributed by atoms with E-state index in [4.69, 9.17) is 0 Å². The van der Waals surface area contributed by atoms with Crippen LogP contribution >= 0.6 is 0 Å². The van der Waals surface area contributed by atoms with Crippen LogP contribution in [0.2, 0.25) is 0 Å². The summed E-state index contributed by atoms with van der Waals surface area (Å²) in [6.45, 7) is 1.76. The van der Waals surface area contributed by atoms with Crippen molar-refractivity contribution in [3.8, 4) is 0 Å². The van der Waals surface area contributed by atoms with Crippen molar-refractivity contribution in [3.05, 3.63) is 57.8 Å². The second-order valence-corrected chi connectivity index (χ2v) is 3.79. The fourth-order valence-electron chi connectivity index (χ4n) is 1.47. The molecule has 0 radical (unpaired) electrons. The van der Waals surface area contributed by atoms with Crippen LogP contribution in [0.5, 0.6) is 0 Å². The van der Waals surface area contributed by atoms with Gasteiger partial charge in [0.05, 0.1) is 10.6 Å². The average Bonchev–Trinajstić information content (AvgIpc) is 2.41. The summed E-state index contributed by atoms with van der Waals surface area (Å²) in [7, 11) is 0. The number of carbonyl (C=O) groups excluding carboxylic acids is 1. The molecule has 0 spiro atoms. The molecule has 2 rings (SSSR count). The lowest BCUT2D eigenvalue weighted by molar-refractivity contribution is -0.385. The van der Waals surface area contributed by atoms with E-state index < -0.39 is 10.8 Å². The van der Waals surface area contributed by atoms with Crippen LogP contribution < -0.4 is 5.32 Å². The third kappa shape index (κ3) is 2.89. The number of aromatic nitrogens is 2. The molecule has 0 saturated carbocycles. The molecule has 0 fully saturated rings. The Bertz CT molecular complexity index is 625. The first kappa shape index (κ1) is 12.6. The number of carbonyl (C=O) groups is 1. The minimum atomic E-state index is -0.601. The minimum absolute atomic E-state index is 0.0186. The van der Waals surface area contributed by atoms with E-state index in [9.17, 15) is 14.9 Å². The average molecular weight is 258 g/mol. The number of para-hydroxylation sites is 1. The molecule has 1 N–H and O–H groups in total. The predicted octanol–water partition coefficient (Wildman–Crippen LogP) is 1.95. The second-order valence-electron chi connectivity index (χ2n) is 3.79. The van der Waals surface area contributed by atoms with Gasteiger partial charge in [-0.3, -0.25) is 14.9 Å². The molecule has 0 aliphatic rings. The molecule has 1 heterocycles. The lowest BCUT2D eigenvalue weighted by Gasteiger charge is -2.04. The Kier molecular flexibility index (Phi) is 3.46. The van der Waals surface area contributed by atoms with E-state index in [1.165, 1.54) is 18.2 Å². The molecule has 7 heteroatoms. The fourth-order valence-corrected chi connectivity index (χ4v) is 1.47. The van der Waals surface area contributed by atoms with Crippen molar-refractivity contribution in [1.82, 2.24) is 10.2 Å². The summed E-state index contributed by atoms with van der Waals surface area (Å²) in [5, 5.41) is 20.8. The normalized spacial score (nSPS) is 9.95. The van der Waals surface area contributed by atoms with Gasteiger partial charge in [0.25, 0.3) is 11.6 Å². The molecule has 0 aliphatic heterocycles. The molecule has 7 nitrogen and oxygen atoms in total. The van der Waals surface area contributed by atoms with Crippen molar-refractivity contribution in [1.29, 1.82) is 0 Å². The zero-order valence-corrected chi connectivity index (χ0v) is 10.0. The number of aryl methyl sites for hydroxylation is 1. The highest BCUT2D eigenvalue weighted by atomic mass is 16.6. The van der Waals surface area contributed by atoms with Gasteiger partial charge in [0.2, 0.25) is 0 Å². The largest absolute Gasteiger partial charge is 0.305 e. The number of amides is 1. The molecule has 19 heavy (non-hydrogen) atoms. The smallest absolute Gasteiger partial charge is 0.282 e. The molecule has 2 aromatic rings. The number of benzene rings is 1. The molecule has 1 aromatic heterocycles. The van der Waals surface area contributed by atoms with Gasteiger partial charge in [0.1, 0.15) is 5.56 Å². The first-order chi connectivity index (χ1) is 9.08. The maximum atomic E-state index is 11.9. The first-order valence-corrected chi connectivity index (χ1v) is 5.43. The third-order valence-electron chi connectivity index (χ3n) is 2.38. The molecular weight excluding hydrogens is 248 g/mol. The zero-order valence-electron chi connectivity index (χ0n) is 10.0. The van der Waals surface area contributed by atoms with Crippen LogP contribution in [-0.4, -0.2) is 21.0 Å². The SMILES string of the molecule is Cc1ccc(NC(=O)c2ccccc2[N+](=O)[O-])nn1. The molecule has 96 valence electrons. The van der Waals surface area contributed by atoms with Crippen molar-refractivity contribution < 1.29 is 9.72 Å². The highest BCUT2D eigenvalue weighted by Crippen LogP contribution is 2.18. The minimum Gasteiger partial charge on any atom is -0.305 e. The van der Waals surface area contributed by atoms with Gasteiger partial charge < -0.3 is 5.32 Å². The summed E-state index contributed by atoms with van der Waals surface area (Å²) in [6.07, 6.45) is 0. The summed E-state index contributed by atoms with van der Waals surface area (Å²) in [4.78, 5) is 22.2. The van der Waals surface area contributed by atoms with Crippen molar-refractivity contribution in [2.75, 3.05) is 5.32 Å². The number of nitro benzene ring substituents is 1. The molecular formula is C12H10N4O3. The molecule has 1 amide bonds. The van der Waals surface area contributed by atoms with Gasteiger partial charge in [-0.25, -0.2) is 0 Å². The number of nitro groups is 1. The van der Waals surface area contributed by atoms with Crippen LogP contribution in [0.15, 0.2) is 36.4 Å². The maximum absolute atomic E-state index is 11.9. The number of nitrogens with zero attached hydrogens (tertiary/aromatic N) is 3. The summed E-state index contributed by atoms with van der Waals surface area (Å²) < 4.78 is 0. The Hall–Kier alpha value is -2.83. The Morgan fingerprint density at radius 1 is 1.21 bits per heavy atom. The third-order valence-corrected chi connectivity index (χ3v) is 2.38. The van der Waals surface area contributed by atoms with Gasteiger partial charge in [0.15, 0.2) is 5.82 Å². The standard InChI is InChI=1S/C12H10N4O3/c1-8-6-7-11(15-14-8)13-12(17)9-4-2-3-5-10(9)16(18)19/h2-7H,1H3,(H,13,15,17). The highest BCUT2D eigenvalue weighted by molar-refractivity contribution is 6.06. The zero-order chi connectivity index (χ0) is 13.8. The Morgan fingerprint density at radius 3 is 2.58 bits per heavy atom. The van der Waals surface area contributed by atoms with E-state index in [1.54, 1.807) is 25.1 Å². The van der Waals surface area contributed by atoms with Crippen molar-refractivity contribution >= 4 is 17.4 Å². The van der Waals surface area contributed by atoms with E-state index in [0.717, 1.165) is 0 Å². The van der Waals surface area contributed by atoms with E-state index >= 15 is 0 Å². The number of hydrogen-bond acceptors (Lipinski definition) is 5. The fraction of sp³-hybridized carbons (Fsp3) is 0.0833. The topological polar surface area (TPSA) is 98.0 Å². The highest BCUT2D eigenvalue weighted by Gasteiger charge is 2.19. The summed E-state index contributed by atoms with van der Waals surface area (Å²) >= 11 is 0. The van der Waals surface area contributed by atoms with Crippen LogP contribution in [-0.2, 0) is 0 Å². The van der Waals surface area contributed by atoms with Crippen molar-refractivity contribution in [3.63, 3.8) is 0 Å². The van der Waals surface area contributed by atoms with E-state index in [0.29, 0.717) is 5.69 Å². The quantitative estimate of drug-likeness (QED) is 0.670. The summed E-state index contributed by atoms with van der Waals surface area (Å²) in [5.74, 6) is -0.348. The van der Waals surface area contributed by atoms with Gasteiger partial charge in [-0.2, -0.15) is 5.10 Å². The molecule has 0 atom stereocenters. The predicted molar refractivity (Wildman–Crippen MR) is 67.8 cm³/mol. The van der Waals surface area contributed by atoms with Gasteiger partial charge in [-0.1, -0.05) is 12.1 Å². The Balaban J connectivity index is 2.25. The molecule has 0 saturated heterocycles. The van der Waals surface area contributed by atoms with Gasteiger partial charge in [-0.15, -0.1) is 5.10 Å². The maximum Gasteiger partial charge on any atom is 0.282 e. The van der Waals surface area contributed by atoms with Crippen LogP contribution in [0.25, 0.3) is 0 Å². The van der Waals surface area contributed by atoms with E-state index in [-0.39, 0.29) is 17.1 Å². The number of anilines is 1. The van der Waals surface area contributed by atoms with E-state index in [1.807, 2.05) is 0 Å². The summed E-state index contributed by atoms with van der Waals surface area (Å²) in [6, 6.07) is 8.98. The van der Waals surface area contributed by atoms with Gasteiger partial charge in [-0.05, 0) is 25.1 Å². The van der Waals surface area contributed by atoms with Crippen LogP contribution in [0.1, 0.15) is 16.1 Å². The first-order valence-electron chi connectivity index (χ1n) is 5.43. The lowest BCUT2D eigenvalue weighted by Crippen LogP contribution is -2.15. The summed E-state index contributed by atoms with van der Waals surface area (Å²) in [5.41, 5.74) is 0.443. The Morgan fingerprint density at radius 2 is 1.95 bits per heavy atom. The molecule has 0 unspecified atom stereocenters. The van der Waals surface area contributed by atoms with Crippen LogP contribution in [0.4, 0.5) is 11.5 Å². The number of rotatable bonds is 3. The van der Waals surface area contributed by atoms with Crippen LogP contribution in [0, 0.1) is 17.0 Å². The second kappa shape index (κ2) is 5.21. The van der Waals surface area contributed by atoms with Crippen LogP contribution in [0.3, 0.4) is 0 Å².